The Bertz CT molecular complexity index is 2420. The van der Waals surface area contributed by atoms with E-state index < -0.39 is 0 Å². The zero-order chi connectivity index (χ0) is 32.6. The van der Waals surface area contributed by atoms with Gasteiger partial charge < -0.3 is 8.98 Å². The van der Waals surface area contributed by atoms with E-state index >= 15 is 0 Å². The summed E-state index contributed by atoms with van der Waals surface area (Å²) in [4.78, 5) is 19.7. The summed E-state index contributed by atoms with van der Waals surface area (Å²) in [6.07, 6.45) is 3.62. The zero-order valence-electron chi connectivity index (χ0n) is 26.5. The van der Waals surface area contributed by atoms with Crippen LogP contribution in [0.4, 0.5) is 0 Å². The Hall–Kier alpha value is -6.40. The highest BCUT2D eigenvalue weighted by atomic mass is 16.3. The summed E-state index contributed by atoms with van der Waals surface area (Å²) < 4.78 is 8.54. The van der Waals surface area contributed by atoms with Gasteiger partial charge in [0.1, 0.15) is 17.0 Å². The Morgan fingerprint density at radius 2 is 1.19 bits per heavy atom. The number of fused-ring (bicyclic) bond motifs is 3. The lowest BCUT2D eigenvalue weighted by Gasteiger charge is -2.10. The lowest BCUT2D eigenvalue weighted by Crippen LogP contribution is -2.00. The molecule has 0 atom stereocenters. The molecule has 5 aromatic carbocycles. The summed E-state index contributed by atoms with van der Waals surface area (Å²) in [6, 6.07) is 40.9. The second-order valence-electron chi connectivity index (χ2n) is 11.5. The normalized spacial score (nSPS) is 11.3. The van der Waals surface area contributed by atoms with Crippen LogP contribution < -0.4 is 0 Å². The van der Waals surface area contributed by atoms with Crippen molar-refractivity contribution in [2.24, 2.45) is 0 Å². The Kier molecular flexibility index (Phi) is 7.31. The molecule has 0 saturated carbocycles. The molecule has 0 bridgehead atoms. The van der Waals surface area contributed by atoms with Gasteiger partial charge in [-0.05, 0) is 54.5 Å². The fourth-order valence-corrected chi connectivity index (χ4v) is 6.34. The van der Waals surface area contributed by atoms with Crippen molar-refractivity contribution in [2.75, 3.05) is 0 Å². The quantitative estimate of drug-likeness (QED) is 0.169. The minimum atomic E-state index is 0.615. The van der Waals surface area contributed by atoms with E-state index in [0.717, 1.165) is 79.1 Å². The molecule has 0 N–H and O–H groups in total. The van der Waals surface area contributed by atoms with Crippen LogP contribution >= 0.6 is 0 Å². The van der Waals surface area contributed by atoms with Crippen LogP contribution in [0.25, 0.3) is 90.8 Å². The SMILES string of the molecule is C=Cc1nc(-c2cccc3oc4ccc(-c5cccc(-c6nc(-c7ccccc7)nc(-c7ccccc7)n6)c5)cc4c23)n(CC)c1C=C. The molecule has 3 aromatic heterocycles. The molecule has 0 aliphatic heterocycles. The molecular formula is C42H31N5O. The predicted molar refractivity (Wildman–Crippen MR) is 196 cm³/mol. The van der Waals surface area contributed by atoms with Gasteiger partial charge in [0.25, 0.3) is 0 Å². The van der Waals surface area contributed by atoms with E-state index in [9.17, 15) is 0 Å². The van der Waals surface area contributed by atoms with Gasteiger partial charge in [0.2, 0.25) is 0 Å². The number of furan rings is 1. The number of benzene rings is 5. The second kappa shape index (κ2) is 12.1. The molecule has 0 saturated heterocycles. The number of aromatic nitrogens is 5. The number of rotatable bonds is 8. The number of nitrogens with zero attached hydrogens (tertiary/aromatic N) is 5. The summed E-state index contributed by atoms with van der Waals surface area (Å²) >= 11 is 0. The molecule has 8 aromatic rings. The summed E-state index contributed by atoms with van der Waals surface area (Å²) in [5.41, 5.74) is 9.27. The highest BCUT2D eigenvalue weighted by Gasteiger charge is 2.20. The van der Waals surface area contributed by atoms with Gasteiger partial charge >= 0.3 is 0 Å². The van der Waals surface area contributed by atoms with Gasteiger partial charge in [0.15, 0.2) is 17.5 Å². The van der Waals surface area contributed by atoms with E-state index in [-0.39, 0.29) is 0 Å². The molecule has 0 amide bonds. The standard InChI is InChI=1S/C42H31N5O/c1-4-34-35(5-2)47(6-3)42(43-34)32-21-14-22-37-38(32)33-26-30(23-24-36(33)48-37)29-19-13-20-31(25-29)41-45-39(27-15-9-7-10-16-27)44-40(46-41)28-17-11-8-12-18-28/h4-5,7-26H,1-2,6H2,3H3. The van der Waals surface area contributed by atoms with Gasteiger partial charge in [0, 0.05) is 39.6 Å². The van der Waals surface area contributed by atoms with E-state index in [4.69, 9.17) is 24.4 Å². The van der Waals surface area contributed by atoms with Crippen molar-refractivity contribution in [3.05, 3.63) is 146 Å². The molecule has 0 unspecified atom stereocenters. The highest BCUT2D eigenvalue weighted by molar-refractivity contribution is 6.13. The maximum atomic E-state index is 6.37. The minimum Gasteiger partial charge on any atom is -0.456 e. The monoisotopic (exact) mass is 621 g/mol. The number of hydrogen-bond donors (Lipinski definition) is 0. The van der Waals surface area contributed by atoms with Crippen LogP contribution in [0.3, 0.4) is 0 Å². The maximum Gasteiger partial charge on any atom is 0.164 e. The molecule has 0 radical (unpaired) electrons. The average molecular weight is 622 g/mol. The van der Waals surface area contributed by atoms with Crippen LogP contribution in [0.2, 0.25) is 0 Å². The summed E-state index contributed by atoms with van der Waals surface area (Å²) in [5, 5.41) is 2.04. The van der Waals surface area contributed by atoms with Crippen molar-refractivity contribution in [3.63, 3.8) is 0 Å². The first kappa shape index (κ1) is 29.0. The van der Waals surface area contributed by atoms with Crippen molar-refractivity contribution in [3.8, 4) is 56.7 Å². The largest absolute Gasteiger partial charge is 0.456 e. The molecule has 0 aliphatic rings. The molecule has 230 valence electrons. The van der Waals surface area contributed by atoms with Crippen LogP contribution in [0.15, 0.2) is 139 Å². The number of hydrogen-bond acceptors (Lipinski definition) is 5. The Morgan fingerprint density at radius 3 is 1.83 bits per heavy atom. The summed E-state index contributed by atoms with van der Waals surface area (Å²) in [5.74, 6) is 2.74. The molecule has 48 heavy (non-hydrogen) atoms. The smallest absolute Gasteiger partial charge is 0.164 e. The fourth-order valence-electron chi connectivity index (χ4n) is 6.34. The molecule has 8 rings (SSSR count). The van der Waals surface area contributed by atoms with E-state index in [1.807, 2.05) is 97.1 Å². The van der Waals surface area contributed by atoms with Crippen molar-refractivity contribution >= 4 is 34.1 Å². The second-order valence-corrected chi connectivity index (χ2v) is 11.5. The third-order valence-electron chi connectivity index (χ3n) is 8.63. The molecule has 6 nitrogen and oxygen atoms in total. The van der Waals surface area contributed by atoms with Crippen molar-refractivity contribution < 1.29 is 4.42 Å². The first-order chi connectivity index (χ1) is 23.6. The lowest BCUT2D eigenvalue weighted by molar-refractivity contribution is 0.669. The van der Waals surface area contributed by atoms with E-state index in [1.165, 1.54) is 0 Å². The molecule has 3 heterocycles. The lowest BCUT2D eigenvalue weighted by atomic mass is 9.99. The molecule has 0 fully saturated rings. The summed E-state index contributed by atoms with van der Waals surface area (Å²) in [6.45, 7) is 10.9. The fraction of sp³-hybridized carbons (Fsp3) is 0.0476. The van der Waals surface area contributed by atoms with Gasteiger partial charge in [-0.2, -0.15) is 0 Å². The maximum absolute atomic E-state index is 6.37. The van der Waals surface area contributed by atoms with Crippen molar-refractivity contribution in [1.82, 2.24) is 24.5 Å². The highest BCUT2D eigenvalue weighted by Crippen LogP contribution is 2.39. The molecule has 0 spiro atoms. The number of imidazole rings is 1. The zero-order valence-corrected chi connectivity index (χ0v) is 26.5. The van der Waals surface area contributed by atoms with Crippen molar-refractivity contribution in [2.45, 2.75) is 13.5 Å². The summed E-state index contributed by atoms with van der Waals surface area (Å²) in [7, 11) is 0. The van der Waals surface area contributed by atoms with Crippen LogP contribution in [0, 0.1) is 0 Å². The average Bonchev–Trinajstić information content (AvgIpc) is 3.73. The van der Waals surface area contributed by atoms with Crippen LogP contribution in [0.1, 0.15) is 18.3 Å². The van der Waals surface area contributed by atoms with Gasteiger partial charge in [0.05, 0.1) is 11.4 Å². The van der Waals surface area contributed by atoms with Crippen LogP contribution in [-0.4, -0.2) is 24.5 Å². The molecule has 0 aliphatic carbocycles. The van der Waals surface area contributed by atoms with Gasteiger partial charge in [-0.3, -0.25) is 0 Å². The van der Waals surface area contributed by atoms with Crippen LogP contribution in [-0.2, 0) is 6.54 Å². The predicted octanol–water partition coefficient (Wildman–Crippen LogP) is 10.6. The van der Waals surface area contributed by atoms with Gasteiger partial charge in [-0.1, -0.05) is 110 Å². The van der Waals surface area contributed by atoms with E-state index in [2.05, 4.69) is 55.0 Å². The Labute approximate surface area is 278 Å². The van der Waals surface area contributed by atoms with E-state index in [0.29, 0.717) is 17.5 Å². The minimum absolute atomic E-state index is 0.615. The van der Waals surface area contributed by atoms with Crippen molar-refractivity contribution in [1.29, 1.82) is 0 Å². The van der Waals surface area contributed by atoms with E-state index in [1.54, 1.807) is 6.08 Å². The third kappa shape index (κ3) is 5.00. The third-order valence-corrected chi connectivity index (χ3v) is 8.63. The topological polar surface area (TPSA) is 69.6 Å². The molecular weight excluding hydrogens is 590 g/mol. The van der Waals surface area contributed by atoms with Gasteiger partial charge in [-0.15, -0.1) is 0 Å². The first-order valence-corrected chi connectivity index (χ1v) is 15.9. The first-order valence-electron chi connectivity index (χ1n) is 15.9. The Morgan fingerprint density at radius 1 is 0.583 bits per heavy atom. The Balaban J connectivity index is 1.27. The van der Waals surface area contributed by atoms with Crippen LogP contribution in [0.5, 0.6) is 0 Å². The molecule has 6 heteroatoms. The van der Waals surface area contributed by atoms with Gasteiger partial charge in [-0.25, -0.2) is 19.9 Å².